The number of hydrogen-bond donors (Lipinski definition) is 3. The number of carbonyl (C=O) groups is 2. The van der Waals surface area contributed by atoms with Gasteiger partial charge in [0.1, 0.15) is 5.82 Å². The fraction of sp³-hybridized carbons (Fsp3) is 0.258. The topological polar surface area (TPSA) is 153 Å². The highest BCUT2D eigenvalue weighted by molar-refractivity contribution is 5.98. The number of carbonyl (C=O) groups excluding carboxylic acids is 2. The first-order chi connectivity index (χ1) is 22.3. The molecule has 0 fully saturated rings. The van der Waals surface area contributed by atoms with Crippen LogP contribution < -0.4 is 10.6 Å². The van der Waals surface area contributed by atoms with E-state index in [9.17, 15) is 45.4 Å². The van der Waals surface area contributed by atoms with Crippen molar-refractivity contribution in [3.8, 4) is 12.1 Å². The van der Waals surface area contributed by atoms with Crippen LogP contribution in [0.1, 0.15) is 36.1 Å². The van der Waals surface area contributed by atoms with Gasteiger partial charge in [0, 0.05) is 17.4 Å². The number of nitrogens with one attached hydrogen (secondary N) is 2. The van der Waals surface area contributed by atoms with Crippen LogP contribution in [-0.2, 0) is 33.2 Å². The molecule has 0 aliphatic rings. The smallest absolute Gasteiger partial charge is 0.378 e. The van der Waals surface area contributed by atoms with Crippen LogP contribution in [0.3, 0.4) is 0 Å². The highest BCUT2D eigenvalue weighted by atomic mass is 19.4. The molecule has 0 saturated heterocycles. The van der Waals surface area contributed by atoms with Gasteiger partial charge in [-0.1, -0.05) is 0 Å². The van der Waals surface area contributed by atoms with E-state index in [0.29, 0.717) is 17.6 Å². The van der Waals surface area contributed by atoms with Crippen LogP contribution in [0, 0.1) is 28.5 Å². The van der Waals surface area contributed by atoms with Crippen LogP contribution in [0.4, 0.5) is 42.1 Å². The van der Waals surface area contributed by atoms with E-state index in [4.69, 9.17) is 15.3 Å². The third-order valence-electron chi connectivity index (χ3n) is 7.10. The molecule has 0 radical (unpaired) electrons. The molecule has 0 saturated carbocycles. The molecule has 1 aromatic heterocycles. The number of aromatic nitrogens is 2. The second kappa shape index (κ2) is 12.9. The number of rotatable bonds is 9. The second-order valence-electron chi connectivity index (χ2n) is 10.9. The number of aliphatic hydroxyl groups is 1. The molecule has 10 nitrogen and oxygen atoms in total. The molecule has 0 bridgehead atoms. The van der Waals surface area contributed by atoms with Crippen LogP contribution >= 0.6 is 0 Å². The van der Waals surface area contributed by atoms with Gasteiger partial charge in [0.15, 0.2) is 11.2 Å². The largest absolute Gasteiger partial charge is 0.417 e. The van der Waals surface area contributed by atoms with Crippen molar-refractivity contribution in [3.63, 3.8) is 0 Å². The summed E-state index contributed by atoms with van der Waals surface area (Å²) in [6.07, 6.45) is -8.67. The highest BCUT2D eigenvalue weighted by Gasteiger charge is 2.41. The van der Waals surface area contributed by atoms with Crippen molar-refractivity contribution in [3.05, 3.63) is 89.0 Å². The Balaban J connectivity index is 1.63. The zero-order chi connectivity index (χ0) is 35.7. The van der Waals surface area contributed by atoms with E-state index in [1.807, 2.05) is 0 Å². The summed E-state index contributed by atoms with van der Waals surface area (Å²) in [5.74, 6) is -2.96. The molecule has 0 aliphatic carbocycles. The minimum absolute atomic E-state index is 0.173. The van der Waals surface area contributed by atoms with Crippen LogP contribution in [0.25, 0.3) is 11.0 Å². The SMILES string of the molecule is CC(O)(CO[C@@](C)(Cn1cnc2cc(F)ccc21)C(=O)Nc1ccc(C#N)c(C(F)(F)F)c1)C(=O)Nc1ccc(C#N)c(C(F)(F)F)c1. The lowest BCUT2D eigenvalue weighted by Crippen LogP contribution is -2.52. The van der Waals surface area contributed by atoms with E-state index in [1.54, 1.807) is 0 Å². The number of nitriles is 2. The summed E-state index contributed by atoms with van der Waals surface area (Å²) in [5, 5.41) is 33.4. The van der Waals surface area contributed by atoms with Crippen LogP contribution in [0.15, 0.2) is 60.9 Å². The highest BCUT2D eigenvalue weighted by Crippen LogP contribution is 2.35. The van der Waals surface area contributed by atoms with Gasteiger partial charge >= 0.3 is 12.4 Å². The van der Waals surface area contributed by atoms with Crippen molar-refractivity contribution in [1.29, 1.82) is 10.5 Å². The lowest BCUT2D eigenvalue weighted by molar-refractivity contribution is -0.159. The predicted octanol–water partition coefficient (Wildman–Crippen LogP) is 5.76. The van der Waals surface area contributed by atoms with Crippen molar-refractivity contribution in [2.45, 2.75) is 43.9 Å². The number of benzene rings is 3. The van der Waals surface area contributed by atoms with Gasteiger partial charge in [0.25, 0.3) is 11.8 Å². The fourth-order valence-corrected chi connectivity index (χ4v) is 4.47. The molecule has 4 rings (SSSR count). The number of imidazole rings is 1. The quantitative estimate of drug-likeness (QED) is 0.191. The van der Waals surface area contributed by atoms with E-state index in [-0.39, 0.29) is 11.2 Å². The summed E-state index contributed by atoms with van der Waals surface area (Å²) in [6, 6.07) is 11.1. The zero-order valence-corrected chi connectivity index (χ0v) is 24.8. The van der Waals surface area contributed by atoms with Gasteiger partial charge in [-0.15, -0.1) is 0 Å². The molecule has 2 amide bonds. The maximum Gasteiger partial charge on any atom is 0.417 e. The van der Waals surface area contributed by atoms with E-state index < -0.39 is 82.3 Å². The standard InChI is InChI=1S/C31H23F7N6O4/c1-28(47,26(45)42-20-6-3-17(12-39)22(10-20)30(33,34)35)15-48-29(2,14-44-16-41-24-9-19(32)5-8-25(24)44)27(46)43-21-7-4-18(13-40)23(11-21)31(36,37)38/h3-11,16,47H,14-15H2,1-2H3,(H,42,45)(H,43,46)/t28?,29-/m0/s1. The molecule has 3 N–H and O–H groups in total. The molecular formula is C31H23F7N6O4. The minimum Gasteiger partial charge on any atom is -0.378 e. The Labute approximate surface area is 267 Å². The fourth-order valence-electron chi connectivity index (χ4n) is 4.47. The van der Waals surface area contributed by atoms with E-state index in [0.717, 1.165) is 43.3 Å². The second-order valence-corrected chi connectivity index (χ2v) is 10.9. The Morgan fingerprint density at radius 3 is 1.88 bits per heavy atom. The number of hydrogen-bond acceptors (Lipinski definition) is 7. The molecule has 3 aromatic carbocycles. The van der Waals surface area contributed by atoms with Crippen LogP contribution in [-0.4, -0.2) is 44.3 Å². The number of ether oxygens (including phenoxy) is 1. The first-order valence-corrected chi connectivity index (χ1v) is 13.6. The lowest BCUT2D eigenvalue weighted by Gasteiger charge is -2.33. The van der Waals surface area contributed by atoms with E-state index in [1.165, 1.54) is 36.0 Å². The summed E-state index contributed by atoms with van der Waals surface area (Å²) in [4.78, 5) is 30.7. The van der Waals surface area contributed by atoms with E-state index >= 15 is 0 Å². The summed E-state index contributed by atoms with van der Waals surface area (Å²) < 4.78 is 102. The normalized spacial score (nSPS) is 14.3. The van der Waals surface area contributed by atoms with Gasteiger partial charge in [0.05, 0.1) is 64.9 Å². The number of fused-ring (bicyclic) bond motifs is 1. The number of nitrogens with zero attached hydrogens (tertiary/aromatic N) is 4. The van der Waals surface area contributed by atoms with Gasteiger partial charge < -0.3 is 25.0 Å². The molecule has 4 aromatic rings. The first-order valence-electron chi connectivity index (χ1n) is 13.6. The third-order valence-corrected chi connectivity index (χ3v) is 7.10. The molecule has 1 unspecified atom stereocenters. The van der Waals surface area contributed by atoms with Crippen molar-refractivity contribution in [2.75, 3.05) is 17.2 Å². The number of amides is 2. The van der Waals surface area contributed by atoms with Crippen LogP contribution in [0.5, 0.6) is 0 Å². The molecule has 2 atom stereocenters. The molecule has 17 heteroatoms. The Kier molecular flexibility index (Phi) is 9.52. The van der Waals surface area contributed by atoms with Gasteiger partial charge in [-0.3, -0.25) is 9.59 Å². The van der Waals surface area contributed by atoms with Crippen molar-refractivity contribution in [2.24, 2.45) is 0 Å². The summed E-state index contributed by atoms with van der Waals surface area (Å²) in [6.45, 7) is 0.677. The van der Waals surface area contributed by atoms with Gasteiger partial charge in [0.2, 0.25) is 0 Å². The Bertz CT molecular complexity index is 1980. The van der Waals surface area contributed by atoms with E-state index in [2.05, 4.69) is 15.6 Å². The van der Waals surface area contributed by atoms with Gasteiger partial charge in [-0.25, -0.2) is 9.37 Å². The van der Waals surface area contributed by atoms with Gasteiger partial charge in [-0.05, 0) is 62.4 Å². The zero-order valence-electron chi connectivity index (χ0n) is 24.8. The Hall–Kier alpha value is -5.52. The Morgan fingerprint density at radius 2 is 1.38 bits per heavy atom. The van der Waals surface area contributed by atoms with Gasteiger partial charge in [-0.2, -0.15) is 36.9 Å². The molecule has 1 heterocycles. The minimum atomic E-state index is -4.95. The van der Waals surface area contributed by atoms with Crippen LogP contribution in [0.2, 0.25) is 0 Å². The predicted molar refractivity (Wildman–Crippen MR) is 154 cm³/mol. The first kappa shape index (κ1) is 35.3. The molecule has 0 spiro atoms. The number of anilines is 2. The summed E-state index contributed by atoms with van der Waals surface area (Å²) >= 11 is 0. The monoisotopic (exact) mass is 676 g/mol. The molecule has 48 heavy (non-hydrogen) atoms. The average Bonchev–Trinajstić information content (AvgIpc) is 3.40. The molecule has 250 valence electrons. The summed E-state index contributed by atoms with van der Waals surface area (Å²) in [5.41, 5.74) is -9.05. The number of alkyl halides is 6. The lowest BCUT2D eigenvalue weighted by atomic mass is 10.0. The van der Waals surface area contributed by atoms with Crippen molar-refractivity contribution >= 4 is 34.2 Å². The average molecular weight is 677 g/mol. The number of halogens is 7. The molecule has 0 aliphatic heterocycles. The maximum atomic E-state index is 13.8. The summed E-state index contributed by atoms with van der Waals surface area (Å²) in [7, 11) is 0. The van der Waals surface area contributed by atoms with Crippen molar-refractivity contribution in [1.82, 2.24) is 9.55 Å². The van der Waals surface area contributed by atoms with Crippen molar-refractivity contribution < 1.29 is 50.2 Å². The third kappa shape index (κ3) is 7.71. The molecular weight excluding hydrogens is 653 g/mol. The maximum absolute atomic E-state index is 13.8. The Morgan fingerprint density at radius 1 is 0.854 bits per heavy atom.